The molecule has 0 heterocycles. The van der Waals surface area contributed by atoms with E-state index in [1.165, 1.54) is 22.3 Å². The summed E-state index contributed by atoms with van der Waals surface area (Å²) in [7, 11) is 1.69. The molecule has 0 aromatic heterocycles. The first-order valence-corrected chi connectivity index (χ1v) is 8.53. The second-order valence-electron chi connectivity index (χ2n) is 6.31. The first-order chi connectivity index (χ1) is 12.6. The molecule has 3 aromatic carbocycles. The Labute approximate surface area is 154 Å². The Hall–Kier alpha value is -3.07. The third-order valence-electron chi connectivity index (χ3n) is 4.38. The van der Waals surface area contributed by atoms with Gasteiger partial charge in [0.1, 0.15) is 24.4 Å². The molecule has 0 fully saturated rings. The van der Waals surface area contributed by atoms with Crippen LogP contribution < -0.4 is 9.47 Å². The van der Waals surface area contributed by atoms with Crippen molar-refractivity contribution in [3.8, 4) is 22.6 Å². The van der Waals surface area contributed by atoms with E-state index >= 15 is 0 Å². The van der Waals surface area contributed by atoms with Crippen molar-refractivity contribution in [3.05, 3.63) is 82.9 Å². The van der Waals surface area contributed by atoms with Crippen LogP contribution in [0.25, 0.3) is 11.1 Å². The largest absolute Gasteiger partial charge is 0.497 e. The molecule has 3 nitrogen and oxygen atoms in total. The highest BCUT2D eigenvalue weighted by Crippen LogP contribution is 2.31. The van der Waals surface area contributed by atoms with Gasteiger partial charge < -0.3 is 9.47 Å². The molecule has 0 amide bonds. The van der Waals surface area contributed by atoms with E-state index in [0.29, 0.717) is 12.2 Å². The number of hydrogen-bond acceptors (Lipinski definition) is 3. The molecule has 3 heteroatoms. The van der Waals surface area contributed by atoms with Gasteiger partial charge in [0.15, 0.2) is 0 Å². The maximum atomic E-state index is 10.7. The Balaban J connectivity index is 1.81. The Morgan fingerprint density at radius 3 is 2.19 bits per heavy atom. The smallest absolute Gasteiger partial charge is 0.150 e. The van der Waals surface area contributed by atoms with Gasteiger partial charge in [0.25, 0.3) is 0 Å². The zero-order valence-electron chi connectivity index (χ0n) is 15.3. The molecule has 0 spiro atoms. The molecular formula is C23H22O3. The van der Waals surface area contributed by atoms with Gasteiger partial charge >= 0.3 is 0 Å². The quantitative estimate of drug-likeness (QED) is 0.563. The van der Waals surface area contributed by atoms with Crippen molar-refractivity contribution in [1.82, 2.24) is 0 Å². The lowest BCUT2D eigenvalue weighted by Gasteiger charge is -2.14. The number of benzene rings is 3. The first kappa shape index (κ1) is 17.7. The van der Waals surface area contributed by atoms with E-state index in [1.54, 1.807) is 19.2 Å². The van der Waals surface area contributed by atoms with Crippen molar-refractivity contribution in [2.45, 2.75) is 20.5 Å². The van der Waals surface area contributed by atoms with E-state index in [9.17, 15) is 4.79 Å². The molecule has 26 heavy (non-hydrogen) atoms. The van der Waals surface area contributed by atoms with E-state index in [0.717, 1.165) is 23.3 Å². The molecule has 0 radical (unpaired) electrons. The Morgan fingerprint density at radius 1 is 0.885 bits per heavy atom. The second-order valence-corrected chi connectivity index (χ2v) is 6.31. The van der Waals surface area contributed by atoms with Crippen LogP contribution in [-0.4, -0.2) is 13.4 Å². The molecule has 0 unspecified atom stereocenters. The molecule has 0 N–H and O–H groups in total. The lowest BCUT2D eigenvalue weighted by molar-refractivity contribution is 0.112. The van der Waals surface area contributed by atoms with Crippen LogP contribution in [0.4, 0.5) is 0 Å². The molecule has 0 aliphatic carbocycles. The van der Waals surface area contributed by atoms with Crippen molar-refractivity contribution < 1.29 is 14.3 Å². The Morgan fingerprint density at radius 2 is 1.58 bits per heavy atom. The topological polar surface area (TPSA) is 35.5 Å². The SMILES string of the molecule is COc1cc(C)c(-c2cccc(COc3ccc(C=O)cc3)c2)c(C)c1. The minimum Gasteiger partial charge on any atom is -0.497 e. The maximum Gasteiger partial charge on any atom is 0.150 e. The number of carbonyl (C=O) groups excluding carboxylic acids is 1. The molecular weight excluding hydrogens is 324 g/mol. The van der Waals surface area contributed by atoms with Gasteiger partial charge in [-0.3, -0.25) is 4.79 Å². The summed E-state index contributed by atoms with van der Waals surface area (Å²) in [6, 6.07) is 19.6. The van der Waals surface area contributed by atoms with Crippen molar-refractivity contribution in [3.63, 3.8) is 0 Å². The summed E-state index contributed by atoms with van der Waals surface area (Å²) in [6.07, 6.45) is 0.826. The predicted octanol–water partition coefficient (Wildman–Crippen LogP) is 5.37. The van der Waals surface area contributed by atoms with E-state index < -0.39 is 0 Å². The summed E-state index contributed by atoms with van der Waals surface area (Å²) >= 11 is 0. The summed E-state index contributed by atoms with van der Waals surface area (Å²) < 4.78 is 11.2. The fraction of sp³-hybridized carbons (Fsp3) is 0.174. The fourth-order valence-electron chi connectivity index (χ4n) is 3.12. The molecule has 0 atom stereocenters. The van der Waals surface area contributed by atoms with Gasteiger partial charge in [-0.15, -0.1) is 0 Å². The van der Waals surface area contributed by atoms with E-state index in [1.807, 2.05) is 18.2 Å². The summed E-state index contributed by atoms with van der Waals surface area (Å²) in [5.41, 5.74) is 6.50. The van der Waals surface area contributed by atoms with Crippen LogP contribution >= 0.6 is 0 Å². The molecule has 0 aliphatic heterocycles. The number of carbonyl (C=O) groups is 1. The lowest BCUT2D eigenvalue weighted by atomic mass is 9.94. The highest BCUT2D eigenvalue weighted by atomic mass is 16.5. The van der Waals surface area contributed by atoms with Crippen LogP contribution in [0.3, 0.4) is 0 Å². The van der Waals surface area contributed by atoms with Gasteiger partial charge in [0.2, 0.25) is 0 Å². The van der Waals surface area contributed by atoms with Crippen molar-refractivity contribution >= 4 is 6.29 Å². The zero-order valence-corrected chi connectivity index (χ0v) is 15.3. The average molecular weight is 346 g/mol. The van der Waals surface area contributed by atoms with Gasteiger partial charge in [-0.25, -0.2) is 0 Å². The third kappa shape index (κ3) is 3.94. The maximum absolute atomic E-state index is 10.7. The van der Waals surface area contributed by atoms with Crippen LogP contribution in [0.5, 0.6) is 11.5 Å². The van der Waals surface area contributed by atoms with Crippen molar-refractivity contribution in [2.24, 2.45) is 0 Å². The summed E-state index contributed by atoms with van der Waals surface area (Å²) in [4.78, 5) is 10.7. The fourth-order valence-corrected chi connectivity index (χ4v) is 3.12. The Bertz CT molecular complexity index is 888. The normalized spacial score (nSPS) is 10.4. The van der Waals surface area contributed by atoms with Crippen LogP contribution in [0.1, 0.15) is 27.0 Å². The zero-order chi connectivity index (χ0) is 18.5. The third-order valence-corrected chi connectivity index (χ3v) is 4.38. The minimum atomic E-state index is 0.475. The summed E-state index contributed by atoms with van der Waals surface area (Å²) in [5, 5.41) is 0. The van der Waals surface area contributed by atoms with Crippen LogP contribution in [0.2, 0.25) is 0 Å². The number of ether oxygens (including phenoxy) is 2. The second kappa shape index (κ2) is 7.87. The molecule has 0 bridgehead atoms. The average Bonchev–Trinajstić information content (AvgIpc) is 2.66. The van der Waals surface area contributed by atoms with E-state index in [2.05, 4.69) is 44.2 Å². The molecule has 0 aliphatic rings. The number of methoxy groups -OCH3 is 1. The highest BCUT2D eigenvalue weighted by Gasteiger charge is 2.09. The molecule has 3 rings (SSSR count). The monoisotopic (exact) mass is 346 g/mol. The van der Waals surface area contributed by atoms with Crippen LogP contribution in [-0.2, 0) is 6.61 Å². The summed E-state index contributed by atoms with van der Waals surface area (Å²) in [6.45, 7) is 4.67. The van der Waals surface area contributed by atoms with Crippen LogP contribution in [0.15, 0.2) is 60.7 Å². The standard InChI is InChI=1S/C23H22O3/c1-16-11-22(25-3)12-17(2)23(16)20-6-4-5-19(13-20)15-26-21-9-7-18(14-24)8-10-21/h4-14H,15H2,1-3H3. The Kier molecular flexibility index (Phi) is 5.37. The molecule has 3 aromatic rings. The lowest BCUT2D eigenvalue weighted by Crippen LogP contribution is -1.97. The first-order valence-electron chi connectivity index (χ1n) is 8.53. The molecule has 132 valence electrons. The minimum absolute atomic E-state index is 0.475. The van der Waals surface area contributed by atoms with Gasteiger partial charge in [-0.05, 0) is 84.1 Å². The van der Waals surface area contributed by atoms with Gasteiger partial charge in [0.05, 0.1) is 7.11 Å². The highest BCUT2D eigenvalue weighted by molar-refractivity contribution is 5.75. The number of aldehydes is 1. The number of hydrogen-bond donors (Lipinski definition) is 0. The molecule has 0 saturated carbocycles. The summed E-state index contributed by atoms with van der Waals surface area (Å²) in [5.74, 6) is 1.62. The van der Waals surface area contributed by atoms with Gasteiger partial charge in [-0.2, -0.15) is 0 Å². The van der Waals surface area contributed by atoms with E-state index in [-0.39, 0.29) is 0 Å². The number of rotatable bonds is 6. The van der Waals surface area contributed by atoms with Crippen LogP contribution in [0, 0.1) is 13.8 Å². The van der Waals surface area contributed by atoms with Gasteiger partial charge in [-0.1, -0.05) is 18.2 Å². The predicted molar refractivity (Wildman–Crippen MR) is 104 cm³/mol. The van der Waals surface area contributed by atoms with E-state index in [4.69, 9.17) is 9.47 Å². The molecule has 0 saturated heterocycles. The van der Waals surface area contributed by atoms with Crippen molar-refractivity contribution in [1.29, 1.82) is 0 Å². The van der Waals surface area contributed by atoms with Gasteiger partial charge in [0, 0.05) is 5.56 Å². The van der Waals surface area contributed by atoms with Crippen molar-refractivity contribution in [2.75, 3.05) is 7.11 Å². The number of aryl methyl sites for hydroxylation is 2.